The highest BCUT2D eigenvalue weighted by Gasteiger charge is 2.18. The molecule has 1 atom stereocenters. The van der Waals surface area contributed by atoms with Gasteiger partial charge in [-0.05, 0) is 31.2 Å². The van der Waals surface area contributed by atoms with Crippen molar-refractivity contribution in [1.29, 1.82) is 0 Å². The van der Waals surface area contributed by atoms with Crippen LogP contribution in [-0.2, 0) is 11.8 Å². The Kier molecular flexibility index (Phi) is 5.81. The van der Waals surface area contributed by atoms with E-state index in [1.165, 1.54) is 11.8 Å². The molecule has 2 aromatic rings. The Morgan fingerprint density at radius 2 is 2.13 bits per heavy atom. The molecule has 1 N–H and O–H groups in total. The molecule has 0 saturated carbocycles. The minimum atomic E-state index is -0.262. The molecule has 7 heteroatoms. The quantitative estimate of drug-likeness (QED) is 0.622. The molecule has 0 spiro atoms. The number of ether oxygens (including phenoxy) is 1. The van der Waals surface area contributed by atoms with E-state index in [2.05, 4.69) is 22.1 Å². The molecular weight excluding hydrogens is 312 g/mol. The summed E-state index contributed by atoms with van der Waals surface area (Å²) >= 11 is 1.37. The first kappa shape index (κ1) is 17.1. The number of rotatable bonds is 7. The fraction of sp³-hybridized carbons (Fsp3) is 0.312. The Morgan fingerprint density at radius 1 is 1.43 bits per heavy atom. The number of nitrogens with one attached hydrogen (secondary N) is 1. The van der Waals surface area contributed by atoms with E-state index in [1.54, 1.807) is 13.2 Å². The highest BCUT2D eigenvalue weighted by Crippen LogP contribution is 2.26. The fourth-order valence-corrected chi connectivity index (χ4v) is 2.78. The molecule has 6 nitrogen and oxygen atoms in total. The van der Waals surface area contributed by atoms with E-state index in [-0.39, 0.29) is 11.2 Å². The van der Waals surface area contributed by atoms with E-state index in [0.717, 1.165) is 17.1 Å². The van der Waals surface area contributed by atoms with Crippen molar-refractivity contribution in [2.45, 2.75) is 17.3 Å². The first-order valence-corrected chi connectivity index (χ1v) is 8.04. The van der Waals surface area contributed by atoms with Gasteiger partial charge in [0.1, 0.15) is 5.75 Å². The topological polar surface area (TPSA) is 69.0 Å². The van der Waals surface area contributed by atoms with Crippen LogP contribution in [-0.4, -0.2) is 39.6 Å². The maximum Gasteiger partial charge on any atom is 0.233 e. The van der Waals surface area contributed by atoms with Crippen molar-refractivity contribution in [2.24, 2.45) is 7.05 Å². The Hall–Kier alpha value is -2.28. The Balaban J connectivity index is 2.12. The maximum atomic E-state index is 11.9. The van der Waals surface area contributed by atoms with Crippen molar-refractivity contribution in [3.05, 3.63) is 36.9 Å². The highest BCUT2D eigenvalue weighted by atomic mass is 32.2. The molecule has 0 unspecified atom stereocenters. The number of carbonyl (C=O) groups excluding carboxylic acids is 1. The highest BCUT2D eigenvalue weighted by molar-refractivity contribution is 8.00. The Morgan fingerprint density at radius 3 is 2.74 bits per heavy atom. The molecule has 1 amide bonds. The van der Waals surface area contributed by atoms with Gasteiger partial charge in [0.05, 0.1) is 12.4 Å². The zero-order chi connectivity index (χ0) is 16.8. The second kappa shape index (κ2) is 7.82. The lowest BCUT2D eigenvalue weighted by atomic mass is 10.2. The molecule has 122 valence electrons. The van der Waals surface area contributed by atoms with Gasteiger partial charge in [-0.2, -0.15) is 0 Å². The predicted molar refractivity (Wildman–Crippen MR) is 91.5 cm³/mol. The summed E-state index contributed by atoms with van der Waals surface area (Å²) in [6.07, 6.45) is 1.65. The van der Waals surface area contributed by atoms with Crippen molar-refractivity contribution < 1.29 is 9.53 Å². The van der Waals surface area contributed by atoms with E-state index >= 15 is 0 Å². The third-order valence-electron chi connectivity index (χ3n) is 3.26. The van der Waals surface area contributed by atoms with Crippen LogP contribution >= 0.6 is 11.8 Å². The smallest absolute Gasteiger partial charge is 0.233 e. The van der Waals surface area contributed by atoms with Gasteiger partial charge in [0, 0.05) is 19.2 Å². The minimum absolute atomic E-state index is 0.0519. The Labute approximate surface area is 139 Å². The van der Waals surface area contributed by atoms with Crippen molar-refractivity contribution in [3.8, 4) is 17.1 Å². The summed E-state index contributed by atoms with van der Waals surface area (Å²) in [7, 11) is 3.52. The molecule has 1 heterocycles. The average molecular weight is 332 g/mol. The Bertz CT molecular complexity index is 682. The van der Waals surface area contributed by atoms with Crippen molar-refractivity contribution >= 4 is 17.7 Å². The lowest BCUT2D eigenvalue weighted by molar-refractivity contribution is -0.120. The molecular formula is C16H20N4O2S. The monoisotopic (exact) mass is 332 g/mol. The standard InChI is InChI=1S/C16H20N4O2S/c1-5-10-17-15(21)11(2)23-16-19-18-14(20(16)3)12-6-8-13(22-4)9-7-12/h5-9,11H,1,10H2,2-4H3,(H,17,21)/t11-/m1/s1. The molecule has 0 radical (unpaired) electrons. The summed E-state index contributed by atoms with van der Waals surface area (Å²) in [6.45, 7) is 5.88. The van der Waals surface area contributed by atoms with E-state index in [9.17, 15) is 4.79 Å². The molecule has 0 aliphatic rings. The van der Waals surface area contributed by atoms with Crippen LogP contribution in [0.5, 0.6) is 5.75 Å². The van der Waals surface area contributed by atoms with Crippen LogP contribution in [0, 0.1) is 0 Å². The average Bonchev–Trinajstić information content (AvgIpc) is 2.93. The first-order valence-electron chi connectivity index (χ1n) is 7.16. The van der Waals surface area contributed by atoms with Crippen LogP contribution in [0.4, 0.5) is 0 Å². The number of carbonyl (C=O) groups is 1. The van der Waals surface area contributed by atoms with Crippen LogP contribution in [0.3, 0.4) is 0 Å². The fourth-order valence-electron chi connectivity index (χ4n) is 1.94. The third-order valence-corrected chi connectivity index (χ3v) is 4.39. The number of hydrogen-bond donors (Lipinski definition) is 1. The molecule has 2 rings (SSSR count). The maximum absolute atomic E-state index is 11.9. The van der Waals surface area contributed by atoms with Crippen LogP contribution < -0.4 is 10.1 Å². The largest absolute Gasteiger partial charge is 0.497 e. The van der Waals surface area contributed by atoms with E-state index in [4.69, 9.17) is 4.74 Å². The number of nitrogens with zero attached hydrogens (tertiary/aromatic N) is 3. The number of benzene rings is 1. The van der Waals surface area contributed by atoms with E-state index in [1.807, 2.05) is 42.8 Å². The number of methoxy groups -OCH3 is 1. The molecule has 0 fully saturated rings. The molecule has 0 aliphatic carbocycles. The zero-order valence-electron chi connectivity index (χ0n) is 13.4. The van der Waals surface area contributed by atoms with Crippen LogP contribution in [0.15, 0.2) is 42.1 Å². The van der Waals surface area contributed by atoms with Gasteiger partial charge in [0.25, 0.3) is 0 Å². The van der Waals surface area contributed by atoms with Gasteiger partial charge in [-0.1, -0.05) is 17.8 Å². The second-order valence-electron chi connectivity index (χ2n) is 4.89. The van der Waals surface area contributed by atoms with Crippen molar-refractivity contribution in [3.63, 3.8) is 0 Å². The summed E-state index contributed by atoms with van der Waals surface area (Å²) in [6, 6.07) is 7.61. The summed E-state index contributed by atoms with van der Waals surface area (Å²) in [5.74, 6) is 1.48. The van der Waals surface area contributed by atoms with Crippen LogP contribution in [0.2, 0.25) is 0 Å². The summed E-state index contributed by atoms with van der Waals surface area (Å²) < 4.78 is 7.03. The van der Waals surface area contributed by atoms with E-state index in [0.29, 0.717) is 11.7 Å². The lowest BCUT2D eigenvalue weighted by Crippen LogP contribution is -2.31. The van der Waals surface area contributed by atoms with Gasteiger partial charge in [-0.25, -0.2) is 0 Å². The SMILES string of the molecule is C=CCNC(=O)[C@@H](C)Sc1nnc(-c2ccc(OC)cc2)n1C. The number of thioether (sulfide) groups is 1. The van der Waals surface area contributed by atoms with Crippen LogP contribution in [0.1, 0.15) is 6.92 Å². The van der Waals surface area contributed by atoms with Crippen molar-refractivity contribution in [2.75, 3.05) is 13.7 Å². The molecule has 1 aromatic carbocycles. The van der Waals surface area contributed by atoms with Crippen LogP contribution in [0.25, 0.3) is 11.4 Å². The van der Waals surface area contributed by atoms with Crippen molar-refractivity contribution in [1.82, 2.24) is 20.1 Å². The molecule has 23 heavy (non-hydrogen) atoms. The third kappa shape index (κ3) is 4.13. The molecule has 0 aliphatic heterocycles. The lowest BCUT2D eigenvalue weighted by Gasteiger charge is -2.10. The van der Waals surface area contributed by atoms with Gasteiger partial charge in [-0.15, -0.1) is 16.8 Å². The first-order chi connectivity index (χ1) is 11.1. The number of amides is 1. The van der Waals surface area contributed by atoms with Gasteiger partial charge < -0.3 is 14.6 Å². The van der Waals surface area contributed by atoms with Gasteiger partial charge in [0.2, 0.25) is 5.91 Å². The summed E-state index contributed by atoms with van der Waals surface area (Å²) in [5.41, 5.74) is 0.941. The minimum Gasteiger partial charge on any atom is -0.497 e. The molecule has 1 aromatic heterocycles. The molecule has 0 bridgehead atoms. The number of aromatic nitrogens is 3. The molecule has 0 saturated heterocycles. The van der Waals surface area contributed by atoms with Gasteiger partial charge >= 0.3 is 0 Å². The summed E-state index contributed by atoms with van der Waals surface area (Å²) in [4.78, 5) is 11.9. The van der Waals surface area contributed by atoms with E-state index < -0.39 is 0 Å². The van der Waals surface area contributed by atoms with Gasteiger partial charge in [0.15, 0.2) is 11.0 Å². The van der Waals surface area contributed by atoms with Gasteiger partial charge in [-0.3, -0.25) is 4.79 Å². The normalized spacial score (nSPS) is 11.8. The zero-order valence-corrected chi connectivity index (χ0v) is 14.3. The summed E-state index contributed by atoms with van der Waals surface area (Å²) in [5, 5.41) is 11.6. The number of hydrogen-bond acceptors (Lipinski definition) is 5. The second-order valence-corrected chi connectivity index (χ2v) is 6.20. The predicted octanol–water partition coefficient (Wildman–Crippen LogP) is 2.27.